The number of alkyl halides is 3. The zero-order chi connectivity index (χ0) is 18.7. The van der Waals surface area contributed by atoms with Crippen molar-refractivity contribution in [3.8, 4) is 0 Å². The number of hydrogen-bond acceptors (Lipinski definition) is 4. The van der Waals surface area contributed by atoms with E-state index in [4.69, 9.17) is 0 Å². The first-order valence-electron chi connectivity index (χ1n) is 8.32. The van der Waals surface area contributed by atoms with E-state index < -0.39 is 11.7 Å². The van der Waals surface area contributed by atoms with Crippen molar-refractivity contribution in [2.45, 2.75) is 25.1 Å². The molecule has 138 valence electrons. The van der Waals surface area contributed by atoms with Crippen LogP contribution in [-0.4, -0.2) is 47.0 Å². The van der Waals surface area contributed by atoms with E-state index in [1.165, 1.54) is 23.4 Å². The van der Waals surface area contributed by atoms with E-state index in [1.54, 1.807) is 30.3 Å². The molecule has 3 heterocycles. The molecule has 2 aromatic rings. The number of halogens is 3. The topological polar surface area (TPSA) is 49.3 Å². The van der Waals surface area contributed by atoms with Gasteiger partial charge in [0, 0.05) is 44.8 Å². The third kappa shape index (κ3) is 3.79. The summed E-state index contributed by atoms with van der Waals surface area (Å²) in [6.07, 6.45) is 1.37. The molecule has 5 nitrogen and oxygen atoms in total. The van der Waals surface area contributed by atoms with Crippen LogP contribution in [0.25, 0.3) is 0 Å². The maximum absolute atomic E-state index is 13.3. The third-order valence-corrected chi connectivity index (χ3v) is 4.57. The van der Waals surface area contributed by atoms with Crippen LogP contribution >= 0.6 is 0 Å². The molecule has 0 radical (unpaired) electrons. The Morgan fingerprint density at radius 3 is 2.73 bits per heavy atom. The molecule has 8 heteroatoms. The first kappa shape index (κ1) is 18.2. The number of carbonyl (C=O) groups is 1. The minimum Gasteiger partial charge on any atom is -0.354 e. The molecule has 3 rings (SSSR count). The summed E-state index contributed by atoms with van der Waals surface area (Å²) < 4.78 is 39.8. The molecule has 2 aromatic heterocycles. The summed E-state index contributed by atoms with van der Waals surface area (Å²) in [6.45, 7) is 0.921. The van der Waals surface area contributed by atoms with Crippen LogP contribution in [0.2, 0.25) is 0 Å². The van der Waals surface area contributed by atoms with Gasteiger partial charge in [-0.2, -0.15) is 13.2 Å². The number of amides is 1. The second-order valence-electron chi connectivity index (χ2n) is 6.27. The molecular formula is C18H19F3N4O. The Morgan fingerprint density at radius 1 is 1.27 bits per heavy atom. The van der Waals surface area contributed by atoms with E-state index in [-0.39, 0.29) is 17.8 Å². The lowest BCUT2D eigenvalue weighted by Crippen LogP contribution is -2.49. The Labute approximate surface area is 149 Å². The lowest BCUT2D eigenvalue weighted by Gasteiger charge is -2.38. The van der Waals surface area contributed by atoms with Crippen molar-refractivity contribution in [2.75, 3.05) is 25.0 Å². The molecule has 1 atom stereocenters. The Hall–Kier alpha value is -2.64. The van der Waals surface area contributed by atoms with Gasteiger partial charge in [0.15, 0.2) is 0 Å². The average molecular weight is 364 g/mol. The van der Waals surface area contributed by atoms with Crippen molar-refractivity contribution in [1.29, 1.82) is 0 Å². The lowest BCUT2D eigenvalue weighted by molar-refractivity contribution is -0.137. The Balaban J connectivity index is 1.79. The number of likely N-dealkylation sites (tertiary alicyclic amines) is 1. The van der Waals surface area contributed by atoms with Gasteiger partial charge < -0.3 is 9.80 Å². The number of anilines is 1. The van der Waals surface area contributed by atoms with Crippen molar-refractivity contribution >= 4 is 11.7 Å². The number of likely N-dealkylation sites (N-methyl/N-ethyl adjacent to an activating group) is 1. The molecule has 0 aliphatic carbocycles. The molecule has 1 amide bonds. The number of rotatable bonds is 3. The molecule has 0 saturated carbocycles. The summed E-state index contributed by atoms with van der Waals surface area (Å²) >= 11 is 0. The van der Waals surface area contributed by atoms with Crippen LogP contribution in [-0.2, 0) is 6.18 Å². The number of carbonyl (C=O) groups excluding carboxylic acids is 1. The van der Waals surface area contributed by atoms with Gasteiger partial charge in [-0.1, -0.05) is 0 Å². The average Bonchev–Trinajstić information content (AvgIpc) is 2.67. The van der Waals surface area contributed by atoms with Gasteiger partial charge in [-0.3, -0.25) is 9.78 Å². The number of aromatic nitrogens is 2. The van der Waals surface area contributed by atoms with Crippen molar-refractivity contribution in [3.63, 3.8) is 0 Å². The lowest BCUT2D eigenvalue weighted by atomic mass is 10.0. The number of pyridine rings is 2. The Kier molecular flexibility index (Phi) is 5.11. The van der Waals surface area contributed by atoms with E-state index >= 15 is 0 Å². The zero-order valence-corrected chi connectivity index (χ0v) is 14.3. The van der Waals surface area contributed by atoms with Gasteiger partial charge in [-0.25, -0.2) is 4.98 Å². The summed E-state index contributed by atoms with van der Waals surface area (Å²) in [7, 11) is 1.60. The highest BCUT2D eigenvalue weighted by Gasteiger charge is 2.37. The molecule has 1 unspecified atom stereocenters. The van der Waals surface area contributed by atoms with Gasteiger partial charge in [0.05, 0.1) is 11.1 Å². The Morgan fingerprint density at radius 2 is 2.04 bits per heavy atom. The third-order valence-electron chi connectivity index (χ3n) is 4.57. The summed E-state index contributed by atoms with van der Waals surface area (Å²) in [4.78, 5) is 23.7. The molecule has 0 spiro atoms. The normalized spacial score (nSPS) is 17.8. The molecule has 1 fully saturated rings. The predicted molar refractivity (Wildman–Crippen MR) is 90.8 cm³/mol. The van der Waals surface area contributed by atoms with Gasteiger partial charge in [0.1, 0.15) is 5.82 Å². The van der Waals surface area contributed by atoms with E-state index in [1.807, 2.05) is 0 Å². The van der Waals surface area contributed by atoms with Gasteiger partial charge in [0.2, 0.25) is 0 Å². The van der Waals surface area contributed by atoms with Crippen LogP contribution in [0.4, 0.5) is 19.0 Å². The molecule has 0 N–H and O–H groups in total. The molecule has 1 aliphatic heterocycles. The van der Waals surface area contributed by atoms with E-state index in [9.17, 15) is 18.0 Å². The fourth-order valence-corrected chi connectivity index (χ4v) is 3.20. The van der Waals surface area contributed by atoms with Gasteiger partial charge in [0.25, 0.3) is 5.91 Å². The maximum Gasteiger partial charge on any atom is 0.419 e. The Bertz CT molecular complexity index is 767. The quantitative estimate of drug-likeness (QED) is 0.839. The predicted octanol–water partition coefficient (Wildman–Crippen LogP) is 3.24. The maximum atomic E-state index is 13.3. The van der Waals surface area contributed by atoms with Crippen molar-refractivity contribution in [2.24, 2.45) is 0 Å². The second kappa shape index (κ2) is 7.31. The first-order valence-corrected chi connectivity index (χ1v) is 8.32. The molecule has 1 saturated heterocycles. The van der Waals surface area contributed by atoms with Crippen LogP contribution in [0.3, 0.4) is 0 Å². The molecule has 0 bridgehead atoms. The molecule has 1 aliphatic rings. The number of nitrogens with zero attached hydrogens (tertiary/aromatic N) is 4. The van der Waals surface area contributed by atoms with E-state index in [0.717, 1.165) is 12.5 Å². The molecule has 0 aromatic carbocycles. The van der Waals surface area contributed by atoms with E-state index in [2.05, 4.69) is 9.97 Å². The summed E-state index contributed by atoms with van der Waals surface area (Å²) in [5.74, 6) is -0.269. The SMILES string of the molecule is CN(c1ncccc1C(F)(F)F)C1CCCN(C(=O)c2cccnc2)C1. The number of piperidine rings is 1. The largest absolute Gasteiger partial charge is 0.419 e. The fraction of sp³-hybridized carbons (Fsp3) is 0.389. The smallest absolute Gasteiger partial charge is 0.354 e. The zero-order valence-electron chi connectivity index (χ0n) is 14.3. The van der Waals surface area contributed by atoms with Crippen LogP contribution < -0.4 is 4.90 Å². The van der Waals surface area contributed by atoms with E-state index in [0.29, 0.717) is 25.1 Å². The highest BCUT2D eigenvalue weighted by molar-refractivity contribution is 5.94. The van der Waals surface area contributed by atoms with Crippen molar-refractivity contribution in [3.05, 3.63) is 54.0 Å². The summed E-state index contributed by atoms with van der Waals surface area (Å²) in [5.41, 5.74) is -0.289. The minimum atomic E-state index is -4.47. The van der Waals surface area contributed by atoms with Crippen LogP contribution in [0.1, 0.15) is 28.8 Å². The van der Waals surface area contributed by atoms with Crippen molar-refractivity contribution in [1.82, 2.24) is 14.9 Å². The van der Waals surface area contributed by atoms with Crippen LogP contribution in [0, 0.1) is 0 Å². The van der Waals surface area contributed by atoms with Gasteiger partial charge in [-0.05, 0) is 37.1 Å². The highest BCUT2D eigenvalue weighted by atomic mass is 19.4. The summed E-state index contributed by atoms with van der Waals surface area (Å²) in [6, 6.07) is 5.44. The highest BCUT2D eigenvalue weighted by Crippen LogP contribution is 2.36. The minimum absolute atomic E-state index is 0.110. The number of hydrogen-bond donors (Lipinski definition) is 0. The monoisotopic (exact) mass is 364 g/mol. The standard InChI is InChI=1S/C18H19F3N4O/c1-24(16-15(18(19,20)21)7-3-9-23-16)14-6-4-10-25(12-14)17(26)13-5-2-8-22-11-13/h2-3,5,7-9,11,14H,4,6,10,12H2,1H3. The summed E-state index contributed by atoms with van der Waals surface area (Å²) in [5, 5.41) is 0. The fourth-order valence-electron chi connectivity index (χ4n) is 3.20. The first-order chi connectivity index (χ1) is 12.4. The molecular weight excluding hydrogens is 345 g/mol. The molecule has 26 heavy (non-hydrogen) atoms. The van der Waals surface area contributed by atoms with Crippen LogP contribution in [0.5, 0.6) is 0 Å². The van der Waals surface area contributed by atoms with Crippen LogP contribution in [0.15, 0.2) is 42.9 Å². The second-order valence-corrected chi connectivity index (χ2v) is 6.27. The van der Waals surface area contributed by atoms with Crippen molar-refractivity contribution < 1.29 is 18.0 Å². The van der Waals surface area contributed by atoms with Gasteiger partial charge in [-0.15, -0.1) is 0 Å². The van der Waals surface area contributed by atoms with Gasteiger partial charge >= 0.3 is 6.18 Å².